The van der Waals surface area contributed by atoms with Crippen molar-refractivity contribution in [2.75, 3.05) is 72.0 Å². The van der Waals surface area contributed by atoms with Crippen molar-refractivity contribution in [3.05, 3.63) is 167 Å². The zero-order valence-corrected chi connectivity index (χ0v) is 76.3. The number of aromatic nitrogens is 1. The summed E-state index contributed by atoms with van der Waals surface area (Å²) in [6, 6.07) is 4.69. The minimum atomic E-state index is -2.00. The van der Waals surface area contributed by atoms with Crippen LogP contribution in [-0.4, -0.2) is 301 Å². The Balaban J connectivity index is 1.14. The standard InChI is InChI=1S/C92H116F3N17O22S/c1-7-8-21-70-91(132)111-34-15-22-69(111)85(126)105-66(44-77(119)120)84(125)107-79(50(2)3)92(133)109(5)71(41-51-16-10-9-11-17-51)86(127)102-63(31-32-76(117)118)89(130)112-35-36-134-47-73(112)87(128)104-65(43-55-45-98-61-19-13-12-18-58(55)61)83(124)103-64(39-52-23-27-56(113)28-24-52)82(123)101-62(20-14-33-96)81(122)106-68(80(121)99-46-74(97)115)48-135-49-75(116)100-67(40-54-37-59(93)78(95)60(94)38-54)88(129)110(6)72(90(131)108(70)4)42-53-25-29-57(114)30-26-53/h9-13,16-19,23-30,37-38,45,50,62-73,79,98,113-114H,7-8,14-15,20-22,31-36,39-44,46-49,96H2,1-6H3,(H2,97,115)(H,99,121)(H,100,116)(H,101,123)(H,102,127)(H,103,124)(H,104,128)(H,105,126)(H,106,122)(H,107,125)(H,117,118)(H,119,120)/t62-,63-,64-,65-,66-,67-,68-,69+,70-,71-,72-,73+,79-/m0/s1. The van der Waals surface area contributed by atoms with Crippen LogP contribution >= 0.6 is 11.8 Å². The first-order chi connectivity index (χ1) is 64.2. The SMILES string of the molecule is CCCC[C@H]1C(=O)N2CCC[C@@H]2C(=O)N[C@@H](CC(=O)O)C(=O)N[C@@H](C(C)C)C(=O)N(C)[C@@H](Cc2ccccc2)C(=O)N[C@@H](CCC(=O)O)C(=O)N2CCOC[C@@H]2C(=O)N[C@@H](Cc2c[nH]c3ccccc23)C(=O)N[C@@H](Cc2ccc(O)cc2)C(=O)N[C@@H](CCCN)C(=O)N[C@H](C(=O)NCC(N)=O)CSCC(=O)N[C@@H](Cc2cc(F)c(F)c(F)c2)C(=O)N(C)[C@@H](Cc2ccc(O)cc2)C(=O)N1C. The molecule has 3 aliphatic heterocycles. The average Bonchev–Trinajstić information content (AvgIpc) is 1.78. The number of phenolic OH excluding ortho intramolecular Hbond substituents is 2. The molecule has 13 atom stereocenters. The first-order valence-electron chi connectivity index (χ1n) is 44.2. The number of H-pyrrole nitrogens is 1. The van der Waals surface area contributed by atoms with Crippen molar-refractivity contribution in [2.24, 2.45) is 17.4 Å². The van der Waals surface area contributed by atoms with Crippen LogP contribution in [0.3, 0.4) is 0 Å². The average molecular weight is 1900 g/mol. The van der Waals surface area contributed by atoms with E-state index in [1.165, 1.54) is 76.5 Å². The number of aromatic hydroxyl groups is 2. The van der Waals surface area contributed by atoms with Crippen molar-refractivity contribution in [3.63, 3.8) is 0 Å². The highest BCUT2D eigenvalue weighted by molar-refractivity contribution is 8.00. The Hall–Kier alpha value is -13.7. The molecule has 3 fully saturated rings. The molecule has 18 N–H and O–H groups in total. The lowest BCUT2D eigenvalue weighted by Crippen LogP contribution is -2.64. The predicted molar refractivity (Wildman–Crippen MR) is 483 cm³/mol. The van der Waals surface area contributed by atoms with Crippen molar-refractivity contribution in [1.29, 1.82) is 0 Å². The molecular weight excluding hydrogens is 1780 g/mol. The van der Waals surface area contributed by atoms with E-state index in [4.69, 9.17) is 16.2 Å². The third-order valence-electron chi connectivity index (χ3n) is 23.6. The zero-order valence-electron chi connectivity index (χ0n) is 75.5. The molecule has 135 heavy (non-hydrogen) atoms. The number of halogens is 3. The summed E-state index contributed by atoms with van der Waals surface area (Å²) < 4.78 is 50.9. The van der Waals surface area contributed by atoms with Crippen LogP contribution in [0, 0.1) is 23.4 Å². The number of aliphatic carboxylic acids is 2. The molecule has 3 saturated heterocycles. The molecule has 0 bridgehead atoms. The number of primary amides is 1. The largest absolute Gasteiger partial charge is 0.508 e. The summed E-state index contributed by atoms with van der Waals surface area (Å²) in [5.74, 6) is -26.7. The van der Waals surface area contributed by atoms with Gasteiger partial charge in [-0.15, -0.1) is 11.8 Å². The van der Waals surface area contributed by atoms with Crippen LogP contribution in [0.1, 0.15) is 113 Å². The second kappa shape index (κ2) is 49.9. The van der Waals surface area contributed by atoms with Gasteiger partial charge in [-0.2, -0.15) is 0 Å². The fourth-order valence-electron chi connectivity index (χ4n) is 16.2. The number of likely N-dealkylation sites (N-methyl/N-ethyl adjacent to an activating group) is 3. The van der Waals surface area contributed by atoms with Crippen LogP contribution in [0.5, 0.6) is 11.5 Å². The summed E-state index contributed by atoms with van der Waals surface area (Å²) in [7, 11) is 3.58. The zero-order chi connectivity index (χ0) is 98.6. The fraction of sp³-hybridized carbons (Fsp3) is 0.467. The molecule has 9 rings (SSSR count). The number of nitrogens with two attached hydrogens (primary N) is 2. The van der Waals surface area contributed by atoms with Gasteiger partial charge in [0.1, 0.15) is 90.0 Å². The summed E-state index contributed by atoms with van der Waals surface area (Å²) in [6.45, 7) is 2.57. The monoisotopic (exact) mass is 1900 g/mol. The molecule has 6 aromatic rings. The van der Waals surface area contributed by atoms with Gasteiger partial charge in [0, 0.05) is 95.6 Å². The van der Waals surface area contributed by atoms with E-state index in [0.29, 0.717) is 63.5 Å². The summed E-state index contributed by atoms with van der Waals surface area (Å²) in [5, 5.41) is 64.9. The van der Waals surface area contributed by atoms with E-state index in [2.05, 4.69) is 52.8 Å². The van der Waals surface area contributed by atoms with Gasteiger partial charge in [-0.1, -0.05) is 106 Å². The highest BCUT2D eigenvalue weighted by atomic mass is 32.2. The molecule has 0 spiro atoms. The van der Waals surface area contributed by atoms with Crippen LogP contribution in [0.25, 0.3) is 10.9 Å². The van der Waals surface area contributed by atoms with Gasteiger partial charge in [-0.05, 0) is 121 Å². The van der Waals surface area contributed by atoms with Gasteiger partial charge in [0.05, 0.1) is 31.9 Å². The van der Waals surface area contributed by atoms with Crippen molar-refractivity contribution in [1.82, 2.24) is 77.3 Å². The van der Waals surface area contributed by atoms with Crippen molar-refractivity contribution in [3.8, 4) is 11.5 Å². The second-order valence-electron chi connectivity index (χ2n) is 33.8. The summed E-state index contributed by atoms with van der Waals surface area (Å²) in [5.41, 5.74) is 13.1. The lowest BCUT2D eigenvalue weighted by Gasteiger charge is -2.38. The van der Waals surface area contributed by atoms with Crippen LogP contribution < -0.4 is 59.3 Å². The summed E-state index contributed by atoms with van der Waals surface area (Å²) in [4.78, 5) is 258. The number of carbonyl (C=O) groups is 17. The minimum absolute atomic E-state index is 0.000993. The molecule has 1 aromatic heterocycles. The predicted octanol–water partition coefficient (Wildman–Crippen LogP) is 0.360. The molecule has 4 heterocycles. The number of nitrogens with one attached hydrogen (secondary N) is 10. The number of nitrogens with zero attached hydrogens (tertiary/aromatic N) is 5. The Morgan fingerprint density at radius 1 is 0.533 bits per heavy atom. The van der Waals surface area contributed by atoms with E-state index in [1.54, 1.807) is 67.7 Å². The topological polar surface area (TPSA) is 573 Å². The molecule has 0 unspecified atom stereocenters. The van der Waals surface area contributed by atoms with Gasteiger partial charge < -0.3 is 114 Å². The number of thioether (sulfide) groups is 1. The number of carbonyl (C=O) groups excluding carboxylic acids is 15. The van der Waals surface area contributed by atoms with E-state index in [1.807, 2.05) is 0 Å². The second-order valence-corrected chi connectivity index (χ2v) is 34.8. The minimum Gasteiger partial charge on any atom is -0.508 e. The van der Waals surface area contributed by atoms with E-state index in [9.17, 15) is 63.2 Å². The molecule has 43 heteroatoms. The molecule has 728 valence electrons. The maximum absolute atomic E-state index is 15.7. The molecule has 39 nitrogen and oxygen atoms in total. The lowest BCUT2D eigenvalue weighted by molar-refractivity contribution is -0.152. The van der Waals surface area contributed by atoms with Crippen LogP contribution in [0.15, 0.2) is 121 Å². The quantitative estimate of drug-likeness (QED) is 0.0344. The molecular formula is C92H116F3N17O22S. The number of fused-ring (bicyclic) bond motifs is 3. The molecule has 0 radical (unpaired) electrons. The maximum Gasteiger partial charge on any atom is 0.305 e. The normalized spacial score (nSPS) is 23.4. The molecule has 0 saturated carbocycles. The summed E-state index contributed by atoms with van der Waals surface area (Å²) in [6.07, 6.45) is -2.91. The highest BCUT2D eigenvalue weighted by Crippen LogP contribution is 2.28. The van der Waals surface area contributed by atoms with Gasteiger partial charge in [-0.3, -0.25) is 81.5 Å². The molecule has 15 amide bonds. The smallest absolute Gasteiger partial charge is 0.305 e. The molecule has 0 aliphatic carbocycles. The lowest BCUT2D eigenvalue weighted by atomic mass is 9.98. The van der Waals surface area contributed by atoms with E-state index < -0.39 is 271 Å². The Morgan fingerprint density at radius 3 is 1.71 bits per heavy atom. The van der Waals surface area contributed by atoms with Crippen molar-refractivity contribution in [2.45, 2.75) is 196 Å². The van der Waals surface area contributed by atoms with Gasteiger partial charge in [0.2, 0.25) is 88.6 Å². The fourth-order valence-corrected chi connectivity index (χ4v) is 17.0. The molecule has 5 aromatic carbocycles. The number of hydrogen-bond donors (Lipinski definition) is 16. The number of morpholine rings is 1. The van der Waals surface area contributed by atoms with Gasteiger partial charge in [-0.25, -0.2) is 13.2 Å². The first kappa shape index (κ1) is 105. The van der Waals surface area contributed by atoms with E-state index >= 15 is 51.9 Å². The van der Waals surface area contributed by atoms with Crippen LogP contribution in [-0.2, 0) is 118 Å². The van der Waals surface area contributed by atoms with E-state index in [-0.39, 0.29) is 89.1 Å². The number of amides is 15. The van der Waals surface area contributed by atoms with Crippen molar-refractivity contribution < 1.29 is 120 Å². The number of ether oxygens (including phenoxy) is 1. The van der Waals surface area contributed by atoms with Crippen LogP contribution in [0.4, 0.5) is 13.2 Å². The number of benzene rings is 5. The van der Waals surface area contributed by atoms with Gasteiger partial charge in [0.25, 0.3) is 0 Å². The number of aromatic amines is 1. The van der Waals surface area contributed by atoms with Gasteiger partial charge >= 0.3 is 11.9 Å². The van der Waals surface area contributed by atoms with E-state index in [0.717, 1.165) is 31.5 Å². The highest BCUT2D eigenvalue weighted by Gasteiger charge is 2.46. The third-order valence-corrected chi connectivity index (χ3v) is 24.7. The molecule has 3 aliphatic rings. The Labute approximate surface area is 780 Å². The number of rotatable bonds is 25. The number of phenols is 2. The Kier molecular flexibility index (Phi) is 38.8. The number of hydrogen-bond acceptors (Lipinski definition) is 22. The summed E-state index contributed by atoms with van der Waals surface area (Å²) >= 11 is 0.626. The van der Waals surface area contributed by atoms with Gasteiger partial charge in [0.15, 0.2) is 17.5 Å². The van der Waals surface area contributed by atoms with Crippen LogP contribution in [0.2, 0.25) is 0 Å². The Bertz CT molecular complexity index is 5250. The third kappa shape index (κ3) is 29.4. The maximum atomic E-state index is 15.7. The number of para-hydroxylation sites is 1. The number of carboxylic acids is 2. The van der Waals surface area contributed by atoms with Crippen molar-refractivity contribution >= 4 is 123 Å². The first-order valence-corrected chi connectivity index (χ1v) is 45.4. The Morgan fingerprint density at radius 2 is 1.08 bits per heavy atom. The number of unbranched alkanes of at least 4 members (excludes halogenated alkanes) is 1. The number of carboxylic acid groups (broad SMARTS) is 2.